The molecule has 0 aromatic heterocycles. The van der Waals surface area contributed by atoms with Crippen molar-refractivity contribution in [3.05, 3.63) is 24.3 Å². The van der Waals surface area contributed by atoms with Gasteiger partial charge in [-0.05, 0) is 70.6 Å². The first-order valence-corrected chi connectivity index (χ1v) is 21.5. The van der Waals surface area contributed by atoms with Gasteiger partial charge in [0.25, 0.3) is 0 Å². The second-order valence-electron chi connectivity index (χ2n) is 14.6. The van der Waals surface area contributed by atoms with Gasteiger partial charge in [0.05, 0.1) is 0 Å². The average Bonchev–Trinajstić information content (AvgIpc) is 3.10. The van der Waals surface area contributed by atoms with Crippen molar-refractivity contribution in [3.8, 4) is 0 Å². The highest BCUT2D eigenvalue weighted by molar-refractivity contribution is 5.80. The Morgan fingerprint density at radius 1 is 0.520 bits per heavy atom. The van der Waals surface area contributed by atoms with Crippen molar-refractivity contribution < 1.29 is 24.2 Å². The minimum atomic E-state index is -1.02. The molecule has 0 aliphatic carbocycles. The quantitative estimate of drug-likeness (QED) is 0.0378. The first-order valence-electron chi connectivity index (χ1n) is 21.5. The molecule has 6 nitrogen and oxygen atoms in total. The molecule has 0 saturated heterocycles. The molecule has 0 saturated carbocycles. The third-order valence-corrected chi connectivity index (χ3v) is 9.63. The lowest BCUT2D eigenvalue weighted by Gasteiger charge is -2.18. The first kappa shape index (κ1) is 47.9. The zero-order valence-corrected chi connectivity index (χ0v) is 33.0. The van der Waals surface area contributed by atoms with Crippen LogP contribution in [-0.4, -0.2) is 35.6 Å². The van der Waals surface area contributed by atoms with Crippen molar-refractivity contribution in [2.75, 3.05) is 6.54 Å². The van der Waals surface area contributed by atoms with Gasteiger partial charge < -0.3 is 15.2 Å². The molecular formula is C44H81NO5. The minimum Gasteiger partial charge on any atom is -0.480 e. The normalized spacial score (nSPS) is 12.2. The molecule has 0 aromatic carbocycles. The fraction of sp³-hybridized carbons (Fsp3) is 0.841. The number of hydrogen-bond acceptors (Lipinski definition) is 4. The number of amides is 1. The predicted octanol–water partition coefficient (Wildman–Crippen LogP) is 13.1. The molecule has 0 spiro atoms. The van der Waals surface area contributed by atoms with Crippen molar-refractivity contribution in [1.82, 2.24) is 5.32 Å². The van der Waals surface area contributed by atoms with Crippen LogP contribution in [0.4, 0.5) is 0 Å². The van der Waals surface area contributed by atoms with Gasteiger partial charge in [0, 0.05) is 12.8 Å². The Morgan fingerprint density at radius 3 is 1.38 bits per heavy atom. The van der Waals surface area contributed by atoms with Crippen LogP contribution in [0.2, 0.25) is 0 Å². The van der Waals surface area contributed by atoms with Crippen molar-refractivity contribution in [2.24, 2.45) is 0 Å². The third kappa shape index (κ3) is 38.7. The minimum absolute atomic E-state index is 0.0202. The Balaban J connectivity index is 3.94. The number of carbonyl (C=O) groups is 3. The average molecular weight is 704 g/mol. The van der Waals surface area contributed by atoms with Gasteiger partial charge in [0.2, 0.25) is 5.91 Å². The number of aliphatic carboxylic acids is 1. The Morgan fingerprint density at radius 2 is 0.920 bits per heavy atom. The SMILES string of the molecule is CCCCCCC/C=C\C/C=C\CCCCCCCCCCCC(=O)OC(CCCCCCCCC)CCCCCCCC(=O)NCC(=O)O. The molecule has 6 heteroatoms. The molecule has 0 aromatic rings. The van der Waals surface area contributed by atoms with Gasteiger partial charge in [0.1, 0.15) is 12.6 Å². The molecule has 0 aliphatic rings. The number of unbranched alkanes of at least 4 members (excludes halogenated alkanes) is 24. The maximum absolute atomic E-state index is 12.7. The summed E-state index contributed by atoms with van der Waals surface area (Å²) in [5.74, 6) is -1.23. The van der Waals surface area contributed by atoms with Crippen LogP contribution in [-0.2, 0) is 19.1 Å². The second-order valence-corrected chi connectivity index (χ2v) is 14.6. The monoisotopic (exact) mass is 704 g/mol. The van der Waals surface area contributed by atoms with E-state index < -0.39 is 5.97 Å². The number of carboxylic acid groups (broad SMARTS) is 1. The number of carbonyl (C=O) groups excluding carboxylic acids is 2. The summed E-state index contributed by atoms with van der Waals surface area (Å²) in [4.78, 5) is 34.9. The van der Waals surface area contributed by atoms with Crippen molar-refractivity contribution in [2.45, 2.75) is 232 Å². The smallest absolute Gasteiger partial charge is 0.322 e. The summed E-state index contributed by atoms with van der Waals surface area (Å²) in [5.41, 5.74) is 0. The zero-order valence-electron chi connectivity index (χ0n) is 33.0. The van der Waals surface area contributed by atoms with E-state index in [2.05, 4.69) is 43.5 Å². The lowest BCUT2D eigenvalue weighted by Crippen LogP contribution is -2.28. The number of allylic oxidation sites excluding steroid dienone is 4. The lowest BCUT2D eigenvalue weighted by molar-refractivity contribution is -0.150. The van der Waals surface area contributed by atoms with Crippen molar-refractivity contribution in [3.63, 3.8) is 0 Å². The van der Waals surface area contributed by atoms with E-state index in [0.29, 0.717) is 12.8 Å². The van der Waals surface area contributed by atoms with Crippen LogP contribution in [0.3, 0.4) is 0 Å². The van der Waals surface area contributed by atoms with E-state index >= 15 is 0 Å². The summed E-state index contributed by atoms with van der Waals surface area (Å²) < 4.78 is 6.00. The molecule has 0 heterocycles. The summed E-state index contributed by atoms with van der Waals surface area (Å²) in [6.07, 6.45) is 47.4. The van der Waals surface area contributed by atoms with Crippen LogP contribution in [0, 0.1) is 0 Å². The fourth-order valence-electron chi connectivity index (χ4n) is 6.43. The Hall–Kier alpha value is -2.11. The van der Waals surface area contributed by atoms with E-state index in [4.69, 9.17) is 9.84 Å². The summed E-state index contributed by atoms with van der Waals surface area (Å²) in [5, 5.41) is 11.1. The molecule has 2 N–H and O–H groups in total. The Kier molecular flexibility index (Phi) is 38.0. The maximum Gasteiger partial charge on any atom is 0.322 e. The summed E-state index contributed by atoms with van der Waals surface area (Å²) in [7, 11) is 0. The maximum atomic E-state index is 12.7. The van der Waals surface area contributed by atoms with E-state index in [9.17, 15) is 14.4 Å². The third-order valence-electron chi connectivity index (χ3n) is 9.63. The fourth-order valence-corrected chi connectivity index (χ4v) is 6.43. The van der Waals surface area contributed by atoms with Gasteiger partial charge in [-0.3, -0.25) is 14.4 Å². The lowest BCUT2D eigenvalue weighted by atomic mass is 10.0. The first-order chi connectivity index (χ1) is 24.5. The number of ether oxygens (including phenoxy) is 1. The molecule has 1 unspecified atom stereocenters. The van der Waals surface area contributed by atoms with Gasteiger partial charge in [-0.1, -0.05) is 167 Å². The van der Waals surface area contributed by atoms with Gasteiger partial charge >= 0.3 is 11.9 Å². The highest BCUT2D eigenvalue weighted by Crippen LogP contribution is 2.19. The summed E-state index contributed by atoms with van der Waals surface area (Å²) in [6, 6.07) is 0. The summed E-state index contributed by atoms with van der Waals surface area (Å²) in [6.45, 7) is 4.21. The van der Waals surface area contributed by atoms with E-state index in [1.165, 1.54) is 128 Å². The van der Waals surface area contributed by atoms with Crippen LogP contribution in [0.15, 0.2) is 24.3 Å². The van der Waals surface area contributed by atoms with Gasteiger partial charge in [0.15, 0.2) is 0 Å². The number of esters is 1. The number of nitrogens with one attached hydrogen (secondary N) is 1. The van der Waals surface area contributed by atoms with Crippen LogP contribution in [0.25, 0.3) is 0 Å². The molecule has 0 aliphatic heterocycles. The molecule has 0 bridgehead atoms. The van der Waals surface area contributed by atoms with Crippen molar-refractivity contribution in [1.29, 1.82) is 0 Å². The van der Waals surface area contributed by atoms with Crippen molar-refractivity contribution >= 4 is 17.8 Å². The molecular weight excluding hydrogens is 622 g/mol. The van der Waals surface area contributed by atoms with Gasteiger partial charge in [-0.2, -0.15) is 0 Å². The highest BCUT2D eigenvalue weighted by atomic mass is 16.5. The van der Waals surface area contributed by atoms with Gasteiger partial charge in [-0.25, -0.2) is 0 Å². The van der Waals surface area contributed by atoms with E-state index in [0.717, 1.165) is 70.6 Å². The molecule has 1 atom stereocenters. The van der Waals surface area contributed by atoms with Gasteiger partial charge in [-0.15, -0.1) is 0 Å². The zero-order chi connectivity index (χ0) is 36.6. The molecule has 1 amide bonds. The van der Waals surface area contributed by atoms with Crippen LogP contribution in [0.5, 0.6) is 0 Å². The molecule has 0 fully saturated rings. The number of carboxylic acids is 1. The molecule has 0 radical (unpaired) electrons. The highest BCUT2D eigenvalue weighted by Gasteiger charge is 2.14. The predicted molar refractivity (Wildman–Crippen MR) is 213 cm³/mol. The van der Waals surface area contributed by atoms with Crippen LogP contribution >= 0.6 is 0 Å². The number of rotatable bonds is 39. The second kappa shape index (κ2) is 39.7. The van der Waals surface area contributed by atoms with Crippen LogP contribution < -0.4 is 5.32 Å². The van der Waals surface area contributed by atoms with Crippen LogP contribution in [0.1, 0.15) is 226 Å². The summed E-state index contributed by atoms with van der Waals surface area (Å²) >= 11 is 0. The van der Waals surface area contributed by atoms with E-state index in [1.54, 1.807) is 0 Å². The van der Waals surface area contributed by atoms with E-state index in [-0.39, 0.29) is 24.5 Å². The molecule has 292 valence electrons. The molecule has 50 heavy (non-hydrogen) atoms. The standard InChI is InChI=1S/C44H81NO5/c1-3-5-7-9-11-12-13-14-15-16-17-18-19-20-21-22-23-24-26-31-35-39-44(49)50-41(36-32-28-25-10-8-6-4-2)37-33-29-27-30-34-38-42(46)45-40-43(47)48/h13-14,16-17,41H,3-12,15,18-40H2,1-2H3,(H,45,46)(H,47,48)/b14-13-,17-16-. The largest absolute Gasteiger partial charge is 0.480 e. The Labute approximate surface area is 309 Å². The number of hydrogen-bond donors (Lipinski definition) is 2. The topological polar surface area (TPSA) is 92.7 Å². The Bertz CT molecular complexity index is 823. The molecule has 0 rings (SSSR count). The van der Waals surface area contributed by atoms with E-state index in [1.807, 2.05) is 0 Å².